The van der Waals surface area contributed by atoms with E-state index in [1.54, 1.807) is 12.1 Å². The number of amides is 1. The number of guanidine groups is 1. The van der Waals surface area contributed by atoms with Crippen LogP contribution >= 0.6 is 0 Å². The fourth-order valence-electron chi connectivity index (χ4n) is 2.82. The first-order chi connectivity index (χ1) is 14.7. The van der Waals surface area contributed by atoms with Crippen LogP contribution in [0.25, 0.3) is 0 Å². The lowest BCUT2D eigenvalue weighted by Gasteiger charge is -2.22. The Bertz CT molecular complexity index is 866. The number of carbonyl (C=O) groups excluding carboxylic acids is 1. The van der Waals surface area contributed by atoms with Crippen LogP contribution in [-0.4, -0.2) is 43.5 Å². The summed E-state index contributed by atoms with van der Waals surface area (Å²) in [6.07, 6.45) is -3.65. The number of carbonyl (C=O) groups is 1. The SMILES string of the molecule is CCNC(=NCCc1ccc(OCC(N)=O)cc1)N(C)Cc1ccc(C(F)(F)F)cc1. The number of nitrogens with one attached hydrogen (secondary N) is 1. The van der Waals surface area contributed by atoms with Gasteiger partial charge in [0.25, 0.3) is 5.91 Å². The summed E-state index contributed by atoms with van der Waals surface area (Å²) in [5, 5.41) is 3.19. The standard InChI is InChI=1S/C22H27F3N4O2/c1-3-27-21(29(2)14-17-4-8-18(9-5-17)22(23,24)25)28-13-12-16-6-10-19(11-7-16)31-15-20(26)30/h4-11H,3,12-15H2,1-2H3,(H2,26,30)(H,27,28). The molecule has 0 radical (unpaired) electrons. The van der Waals surface area contributed by atoms with E-state index in [1.165, 1.54) is 12.1 Å². The summed E-state index contributed by atoms with van der Waals surface area (Å²) in [5.74, 6) is 0.703. The van der Waals surface area contributed by atoms with Crippen LogP contribution in [0.1, 0.15) is 23.6 Å². The molecule has 0 aliphatic rings. The van der Waals surface area contributed by atoms with Gasteiger partial charge in [0, 0.05) is 26.7 Å². The van der Waals surface area contributed by atoms with E-state index in [-0.39, 0.29) is 6.61 Å². The molecule has 0 fully saturated rings. The molecule has 0 spiro atoms. The number of alkyl halides is 3. The third-order valence-corrected chi connectivity index (χ3v) is 4.36. The minimum absolute atomic E-state index is 0.166. The van der Waals surface area contributed by atoms with E-state index < -0.39 is 17.6 Å². The summed E-state index contributed by atoms with van der Waals surface area (Å²) in [6.45, 7) is 3.41. The highest BCUT2D eigenvalue weighted by Crippen LogP contribution is 2.29. The Morgan fingerprint density at radius 3 is 2.26 bits per heavy atom. The van der Waals surface area contributed by atoms with Gasteiger partial charge in [0.1, 0.15) is 5.75 Å². The third kappa shape index (κ3) is 8.19. The van der Waals surface area contributed by atoms with Gasteiger partial charge in [0.15, 0.2) is 12.6 Å². The molecule has 0 unspecified atom stereocenters. The Labute approximate surface area is 179 Å². The van der Waals surface area contributed by atoms with E-state index in [4.69, 9.17) is 10.5 Å². The number of rotatable bonds is 9. The van der Waals surface area contributed by atoms with Gasteiger partial charge in [-0.2, -0.15) is 13.2 Å². The molecule has 0 bridgehead atoms. The second kappa shape index (κ2) is 11.2. The smallest absolute Gasteiger partial charge is 0.416 e. The molecule has 168 valence electrons. The highest BCUT2D eigenvalue weighted by molar-refractivity contribution is 5.79. The number of primary amides is 1. The van der Waals surface area contributed by atoms with Crippen LogP contribution < -0.4 is 15.8 Å². The molecule has 31 heavy (non-hydrogen) atoms. The molecule has 0 aliphatic heterocycles. The van der Waals surface area contributed by atoms with Crippen LogP contribution in [0.3, 0.4) is 0 Å². The summed E-state index contributed by atoms with van der Waals surface area (Å²) < 4.78 is 43.4. The van der Waals surface area contributed by atoms with E-state index in [0.717, 1.165) is 23.3 Å². The number of benzene rings is 2. The van der Waals surface area contributed by atoms with Gasteiger partial charge >= 0.3 is 6.18 Å². The van der Waals surface area contributed by atoms with Gasteiger partial charge in [-0.05, 0) is 48.7 Å². The van der Waals surface area contributed by atoms with Gasteiger partial charge in [0.2, 0.25) is 0 Å². The van der Waals surface area contributed by atoms with Crippen molar-refractivity contribution in [2.24, 2.45) is 10.7 Å². The zero-order chi connectivity index (χ0) is 22.9. The number of halogens is 3. The maximum Gasteiger partial charge on any atom is 0.416 e. The maximum atomic E-state index is 12.7. The summed E-state index contributed by atoms with van der Waals surface area (Å²) in [4.78, 5) is 17.2. The Kier molecular flexibility index (Phi) is 8.72. The lowest BCUT2D eigenvalue weighted by Crippen LogP contribution is -2.38. The predicted molar refractivity (Wildman–Crippen MR) is 114 cm³/mol. The van der Waals surface area contributed by atoms with Gasteiger partial charge in [-0.1, -0.05) is 24.3 Å². The van der Waals surface area contributed by atoms with Crippen LogP contribution in [0.15, 0.2) is 53.5 Å². The summed E-state index contributed by atoms with van der Waals surface area (Å²) in [7, 11) is 1.84. The molecule has 0 saturated carbocycles. The van der Waals surface area contributed by atoms with E-state index in [1.807, 2.05) is 31.0 Å². The number of aliphatic imine (C=N–C) groups is 1. The Balaban J connectivity index is 1.93. The average Bonchev–Trinajstić information content (AvgIpc) is 2.72. The maximum absolute atomic E-state index is 12.7. The molecule has 0 aliphatic carbocycles. The predicted octanol–water partition coefficient (Wildman–Crippen LogP) is 3.21. The van der Waals surface area contributed by atoms with Crippen LogP contribution in [0.2, 0.25) is 0 Å². The first kappa shape index (κ1) is 24.0. The molecular weight excluding hydrogens is 409 g/mol. The number of hydrogen-bond donors (Lipinski definition) is 2. The van der Waals surface area contributed by atoms with E-state index in [2.05, 4.69) is 10.3 Å². The largest absolute Gasteiger partial charge is 0.484 e. The third-order valence-electron chi connectivity index (χ3n) is 4.36. The molecule has 6 nitrogen and oxygen atoms in total. The van der Waals surface area contributed by atoms with Crippen LogP contribution in [0.4, 0.5) is 13.2 Å². The van der Waals surface area contributed by atoms with Crippen molar-refractivity contribution in [3.63, 3.8) is 0 Å². The summed E-state index contributed by atoms with van der Waals surface area (Å²) in [6, 6.07) is 12.5. The molecule has 0 aromatic heterocycles. The average molecular weight is 436 g/mol. The highest BCUT2D eigenvalue weighted by atomic mass is 19.4. The molecule has 3 N–H and O–H groups in total. The molecule has 0 heterocycles. The van der Waals surface area contributed by atoms with E-state index in [9.17, 15) is 18.0 Å². The fourth-order valence-corrected chi connectivity index (χ4v) is 2.82. The zero-order valence-electron chi connectivity index (χ0n) is 17.6. The number of ether oxygens (including phenoxy) is 1. The van der Waals surface area contributed by atoms with Crippen molar-refractivity contribution in [3.05, 3.63) is 65.2 Å². The lowest BCUT2D eigenvalue weighted by atomic mass is 10.1. The Morgan fingerprint density at radius 2 is 1.71 bits per heavy atom. The Hall–Kier alpha value is -3.23. The van der Waals surface area contributed by atoms with Crippen molar-refractivity contribution < 1.29 is 22.7 Å². The van der Waals surface area contributed by atoms with Gasteiger partial charge in [0.05, 0.1) is 5.56 Å². The van der Waals surface area contributed by atoms with Crippen LogP contribution in [0, 0.1) is 0 Å². The van der Waals surface area contributed by atoms with Gasteiger partial charge < -0.3 is 20.7 Å². The molecule has 1 amide bonds. The lowest BCUT2D eigenvalue weighted by molar-refractivity contribution is -0.137. The van der Waals surface area contributed by atoms with Gasteiger partial charge in [-0.25, -0.2) is 0 Å². The molecule has 2 rings (SSSR count). The summed E-state index contributed by atoms with van der Waals surface area (Å²) in [5.41, 5.74) is 6.20. The van der Waals surface area contributed by atoms with Crippen molar-refractivity contribution in [1.29, 1.82) is 0 Å². The number of nitrogens with two attached hydrogens (primary N) is 1. The molecule has 2 aromatic carbocycles. The van der Waals surface area contributed by atoms with Crippen molar-refractivity contribution in [2.45, 2.75) is 26.1 Å². The molecule has 0 saturated heterocycles. The first-order valence-corrected chi connectivity index (χ1v) is 9.84. The van der Waals surface area contributed by atoms with Crippen molar-refractivity contribution in [3.8, 4) is 5.75 Å². The monoisotopic (exact) mass is 436 g/mol. The Morgan fingerprint density at radius 1 is 1.10 bits per heavy atom. The second-order valence-electron chi connectivity index (χ2n) is 6.94. The first-order valence-electron chi connectivity index (χ1n) is 9.84. The normalized spacial score (nSPS) is 11.8. The van der Waals surface area contributed by atoms with Crippen molar-refractivity contribution in [1.82, 2.24) is 10.2 Å². The second-order valence-corrected chi connectivity index (χ2v) is 6.94. The van der Waals surface area contributed by atoms with Crippen LogP contribution in [0.5, 0.6) is 5.75 Å². The molecular formula is C22H27F3N4O2. The zero-order valence-corrected chi connectivity index (χ0v) is 17.6. The van der Waals surface area contributed by atoms with Crippen molar-refractivity contribution >= 4 is 11.9 Å². The number of nitrogens with zero attached hydrogens (tertiary/aromatic N) is 2. The van der Waals surface area contributed by atoms with E-state index in [0.29, 0.717) is 37.8 Å². The van der Waals surface area contributed by atoms with Gasteiger partial charge in [-0.3, -0.25) is 9.79 Å². The van der Waals surface area contributed by atoms with Crippen molar-refractivity contribution in [2.75, 3.05) is 26.7 Å². The highest BCUT2D eigenvalue weighted by Gasteiger charge is 2.29. The topological polar surface area (TPSA) is 80.0 Å². The van der Waals surface area contributed by atoms with Crippen LogP contribution in [-0.2, 0) is 23.9 Å². The number of hydrogen-bond acceptors (Lipinski definition) is 3. The molecule has 0 atom stereocenters. The summed E-state index contributed by atoms with van der Waals surface area (Å²) >= 11 is 0. The molecule has 2 aromatic rings. The van der Waals surface area contributed by atoms with Gasteiger partial charge in [-0.15, -0.1) is 0 Å². The quantitative estimate of drug-likeness (QED) is 0.467. The fraction of sp³-hybridized carbons (Fsp3) is 0.364. The minimum Gasteiger partial charge on any atom is -0.484 e. The minimum atomic E-state index is -4.34. The molecule has 9 heteroatoms. The van der Waals surface area contributed by atoms with E-state index >= 15 is 0 Å².